The summed E-state index contributed by atoms with van der Waals surface area (Å²) < 4.78 is 0. The Hall–Kier alpha value is -0.560. The molecule has 2 heteroatoms. The Kier molecular flexibility index (Phi) is 8.28. The van der Waals surface area contributed by atoms with E-state index in [1.54, 1.807) is 0 Å². The molecule has 0 aromatic carbocycles. The Morgan fingerprint density at radius 3 is 2.38 bits per heavy atom. The molecule has 0 heterocycles. The molecule has 0 N–H and O–H groups in total. The summed E-state index contributed by atoms with van der Waals surface area (Å²) in [5.41, 5.74) is 0.913. The SMILES string of the molecule is CC(/C=C/C(C)CCCC(C)C)=C\C(=O)Cl. The first kappa shape index (κ1) is 15.4. The zero-order chi connectivity index (χ0) is 12.6. The van der Waals surface area contributed by atoms with Crippen molar-refractivity contribution in [2.75, 3.05) is 0 Å². The minimum Gasteiger partial charge on any atom is -0.276 e. The summed E-state index contributed by atoms with van der Waals surface area (Å²) in [5.74, 6) is 1.35. The molecule has 0 bridgehead atoms. The van der Waals surface area contributed by atoms with E-state index < -0.39 is 5.24 Å². The van der Waals surface area contributed by atoms with Crippen LogP contribution in [0.5, 0.6) is 0 Å². The van der Waals surface area contributed by atoms with Gasteiger partial charge in [-0.1, -0.05) is 45.8 Å². The molecule has 1 atom stereocenters. The van der Waals surface area contributed by atoms with Crippen molar-refractivity contribution in [1.29, 1.82) is 0 Å². The molecule has 1 nitrogen and oxygen atoms in total. The van der Waals surface area contributed by atoms with Crippen LogP contribution in [0.3, 0.4) is 0 Å². The van der Waals surface area contributed by atoms with Gasteiger partial charge in [-0.15, -0.1) is 0 Å². The first-order valence-corrected chi connectivity index (χ1v) is 6.35. The summed E-state index contributed by atoms with van der Waals surface area (Å²) in [7, 11) is 0. The quantitative estimate of drug-likeness (QED) is 0.359. The van der Waals surface area contributed by atoms with Gasteiger partial charge in [-0.3, -0.25) is 4.79 Å². The normalized spacial score (nSPS) is 14.8. The van der Waals surface area contributed by atoms with Crippen molar-refractivity contribution in [3.05, 3.63) is 23.8 Å². The molecular weight excluding hydrogens is 220 g/mol. The summed E-state index contributed by atoms with van der Waals surface area (Å²) in [6, 6.07) is 0. The van der Waals surface area contributed by atoms with E-state index in [0.717, 1.165) is 11.5 Å². The molecule has 92 valence electrons. The first-order valence-electron chi connectivity index (χ1n) is 5.97. The molecule has 0 aromatic heterocycles. The van der Waals surface area contributed by atoms with Crippen molar-refractivity contribution >= 4 is 16.8 Å². The maximum Gasteiger partial charge on any atom is 0.245 e. The molecule has 0 saturated carbocycles. The lowest BCUT2D eigenvalue weighted by molar-refractivity contribution is -0.107. The molecule has 0 aromatic rings. The van der Waals surface area contributed by atoms with Gasteiger partial charge in [0.2, 0.25) is 5.24 Å². The lowest BCUT2D eigenvalue weighted by Crippen LogP contribution is -1.93. The largest absolute Gasteiger partial charge is 0.276 e. The van der Waals surface area contributed by atoms with Crippen molar-refractivity contribution in [3.8, 4) is 0 Å². The highest BCUT2D eigenvalue weighted by Crippen LogP contribution is 2.14. The van der Waals surface area contributed by atoms with Gasteiger partial charge in [0.15, 0.2) is 0 Å². The van der Waals surface area contributed by atoms with E-state index in [1.165, 1.54) is 25.3 Å². The zero-order valence-electron chi connectivity index (χ0n) is 10.8. The van der Waals surface area contributed by atoms with Gasteiger partial charge in [0.05, 0.1) is 0 Å². The summed E-state index contributed by atoms with van der Waals surface area (Å²) in [4.78, 5) is 10.6. The van der Waals surface area contributed by atoms with E-state index >= 15 is 0 Å². The minimum atomic E-state index is -0.408. The van der Waals surface area contributed by atoms with Crippen LogP contribution in [0.1, 0.15) is 47.0 Å². The molecular formula is C14H23ClO. The number of rotatable bonds is 7. The molecule has 1 unspecified atom stereocenters. The van der Waals surface area contributed by atoms with Crippen LogP contribution < -0.4 is 0 Å². The van der Waals surface area contributed by atoms with Gasteiger partial charge in [0, 0.05) is 6.08 Å². The molecule has 0 saturated heterocycles. The number of carbonyl (C=O) groups is 1. The van der Waals surface area contributed by atoms with Gasteiger partial charge >= 0.3 is 0 Å². The fourth-order valence-corrected chi connectivity index (χ4v) is 1.66. The Bertz CT molecular complexity index is 264. The van der Waals surface area contributed by atoms with Crippen molar-refractivity contribution in [3.63, 3.8) is 0 Å². The van der Waals surface area contributed by atoms with E-state index in [9.17, 15) is 4.79 Å². The van der Waals surface area contributed by atoms with Crippen LogP contribution in [0, 0.1) is 11.8 Å². The van der Waals surface area contributed by atoms with Crippen molar-refractivity contribution in [2.24, 2.45) is 11.8 Å². The molecule has 16 heavy (non-hydrogen) atoms. The number of halogens is 1. The van der Waals surface area contributed by atoms with Crippen LogP contribution in [0.15, 0.2) is 23.8 Å². The molecule has 0 radical (unpaired) electrons. The zero-order valence-corrected chi connectivity index (χ0v) is 11.6. The molecule has 0 spiro atoms. The first-order chi connectivity index (χ1) is 7.41. The number of carbonyl (C=O) groups excluding carboxylic acids is 1. The predicted octanol–water partition coefficient (Wildman–Crippen LogP) is 4.72. The third kappa shape index (κ3) is 9.97. The van der Waals surface area contributed by atoms with Crippen LogP contribution in [0.25, 0.3) is 0 Å². The van der Waals surface area contributed by atoms with E-state index in [0.29, 0.717) is 5.92 Å². The lowest BCUT2D eigenvalue weighted by atomic mass is 9.99. The fourth-order valence-electron chi connectivity index (χ4n) is 1.49. The smallest absolute Gasteiger partial charge is 0.245 e. The molecule has 0 aliphatic heterocycles. The Balaban J connectivity index is 3.90. The third-order valence-electron chi connectivity index (χ3n) is 2.47. The Morgan fingerprint density at radius 2 is 1.88 bits per heavy atom. The molecule has 0 amide bonds. The average molecular weight is 243 g/mol. The third-order valence-corrected chi connectivity index (χ3v) is 2.58. The standard InChI is InChI=1S/C14H23ClO/c1-11(2)6-5-7-12(3)8-9-13(4)10-14(15)16/h8-12H,5-7H2,1-4H3/b9-8+,13-10+. The molecule has 0 rings (SSSR count). The summed E-state index contributed by atoms with van der Waals surface area (Å²) in [6.07, 6.45) is 9.32. The summed E-state index contributed by atoms with van der Waals surface area (Å²) in [5, 5.41) is -0.408. The highest BCUT2D eigenvalue weighted by Gasteiger charge is 1.99. The Labute approximate surface area is 105 Å². The van der Waals surface area contributed by atoms with E-state index in [1.807, 2.05) is 13.0 Å². The molecule has 0 fully saturated rings. The van der Waals surface area contributed by atoms with E-state index in [4.69, 9.17) is 11.6 Å². The maximum atomic E-state index is 10.6. The van der Waals surface area contributed by atoms with Gasteiger partial charge in [-0.2, -0.15) is 0 Å². The lowest BCUT2D eigenvalue weighted by Gasteiger charge is -2.07. The van der Waals surface area contributed by atoms with Gasteiger partial charge in [0.25, 0.3) is 0 Å². The number of hydrogen-bond donors (Lipinski definition) is 0. The Morgan fingerprint density at radius 1 is 1.25 bits per heavy atom. The second kappa shape index (κ2) is 8.58. The minimum absolute atomic E-state index is 0.408. The van der Waals surface area contributed by atoms with Crippen LogP contribution in [0.2, 0.25) is 0 Å². The van der Waals surface area contributed by atoms with Crippen molar-refractivity contribution < 1.29 is 4.79 Å². The number of hydrogen-bond acceptors (Lipinski definition) is 1. The second-order valence-electron chi connectivity index (χ2n) is 4.85. The van der Waals surface area contributed by atoms with Crippen molar-refractivity contribution in [1.82, 2.24) is 0 Å². The van der Waals surface area contributed by atoms with Crippen LogP contribution in [-0.2, 0) is 4.79 Å². The van der Waals surface area contributed by atoms with Gasteiger partial charge in [0.1, 0.15) is 0 Å². The van der Waals surface area contributed by atoms with E-state index in [2.05, 4.69) is 26.8 Å². The fraction of sp³-hybridized carbons (Fsp3) is 0.643. The number of allylic oxidation sites excluding steroid dienone is 4. The topological polar surface area (TPSA) is 17.1 Å². The van der Waals surface area contributed by atoms with Crippen molar-refractivity contribution in [2.45, 2.75) is 47.0 Å². The van der Waals surface area contributed by atoms with Gasteiger partial charge in [-0.25, -0.2) is 0 Å². The van der Waals surface area contributed by atoms with Gasteiger partial charge < -0.3 is 0 Å². The van der Waals surface area contributed by atoms with Crippen LogP contribution in [-0.4, -0.2) is 5.24 Å². The monoisotopic (exact) mass is 242 g/mol. The molecule has 0 aliphatic carbocycles. The highest BCUT2D eigenvalue weighted by atomic mass is 35.5. The molecule has 0 aliphatic rings. The highest BCUT2D eigenvalue weighted by molar-refractivity contribution is 6.66. The summed E-state index contributed by atoms with van der Waals surface area (Å²) >= 11 is 5.26. The van der Waals surface area contributed by atoms with Crippen LogP contribution in [0.4, 0.5) is 0 Å². The van der Waals surface area contributed by atoms with Gasteiger partial charge in [-0.05, 0) is 42.4 Å². The van der Waals surface area contributed by atoms with Crippen LogP contribution >= 0.6 is 11.6 Å². The second-order valence-corrected chi connectivity index (χ2v) is 5.23. The maximum absolute atomic E-state index is 10.6. The summed E-state index contributed by atoms with van der Waals surface area (Å²) in [6.45, 7) is 8.59. The van der Waals surface area contributed by atoms with E-state index in [-0.39, 0.29) is 0 Å². The predicted molar refractivity (Wildman–Crippen MR) is 71.6 cm³/mol. The average Bonchev–Trinajstić information content (AvgIpc) is 2.13.